The predicted molar refractivity (Wildman–Crippen MR) is 57.3 cm³/mol. The molecule has 15 heavy (non-hydrogen) atoms. The summed E-state index contributed by atoms with van der Waals surface area (Å²) in [4.78, 5) is 4.19. The van der Waals surface area contributed by atoms with E-state index in [0.717, 1.165) is 12.2 Å². The zero-order chi connectivity index (χ0) is 11.1. The number of nitrogens with zero attached hydrogens (tertiary/aromatic N) is 2. The van der Waals surface area contributed by atoms with Gasteiger partial charge < -0.3 is 10.1 Å². The molecule has 1 aromatic heterocycles. The summed E-state index contributed by atoms with van der Waals surface area (Å²) >= 11 is 0. The first-order valence-corrected chi connectivity index (χ1v) is 4.96. The van der Waals surface area contributed by atoms with Gasteiger partial charge in [0, 0.05) is 6.54 Å². The zero-order valence-electron chi connectivity index (χ0n) is 9.03. The van der Waals surface area contributed by atoms with Gasteiger partial charge in [0.25, 0.3) is 0 Å². The van der Waals surface area contributed by atoms with E-state index in [1.165, 1.54) is 0 Å². The molecule has 0 bridgehead atoms. The van der Waals surface area contributed by atoms with Gasteiger partial charge in [0.2, 0.25) is 0 Å². The number of rotatable bonds is 5. The van der Waals surface area contributed by atoms with Crippen molar-refractivity contribution in [2.75, 3.05) is 7.05 Å². The van der Waals surface area contributed by atoms with Crippen LogP contribution in [0.2, 0.25) is 0 Å². The summed E-state index contributed by atoms with van der Waals surface area (Å²) in [5.74, 6) is 0.642. The third-order valence-electron chi connectivity index (χ3n) is 1.95. The molecular weight excluding hydrogens is 190 g/mol. The second kappa shape index (κ2) is 5.99. The molecule has 0 saturated heterocycles. The average Bonchev–Trinajstić information content (AvgIpc) is 2.28. The molecule has 0 fully saturated rings. The molecule has 1 heterocycles. The summed E-state index contributed by atoms with van der Waals surface area (Å²) in [6.45, 7) is 2.65. The Morgan fingerprint density at radius 2 is 2.40 bits per heavy atom. The van der Waals surface area contributed by atoms with E-state index in [1.807, 2.05) is 26.1 Å². The molecule has 4 nitrogen and oxygen atoms in total. The fourth-order valence-electron chi connectivity index (χ4n) is 1.13. The molecule has 80 valence electrons. The van der Waals surface area contributed by atoms with Gasteiger partial charge in [-0.2, -0.15) is 5.26 Å². The Kier molecular flexibility index (Phi) is 4.58. The molecule has 0 spiro atoms. The van der Waals surface area contributed by atoms with Crippen LogP contribution in [0.5, 0.6) is 5.75 Å². The monoisotopic (exact) mass is 205 g/mol. The molecule has 0 aliphatic heterocycles. The fourth-order valence-corrected chi connectivity index (χ4v) is 1.13. The average molecular weight is 205 g/mol. The van der Waals surface area contributed by atoms with Gasteiger partial charge in [-0.1, -0.05) is 6.92 Å². The third kappa shape index (κ3) is 3.56. The number of pyridine rings is 1. The number of nitriles is 1. The Labute approximate surface area is 89.9 Å². The second-order valence-corrected chi connectivity index (χ2v) is 3.16. The normalized spacial score (nSPS) is 11.8. The van der Waals surface area contributed by atoms with Crippen LogP contribution >= 0.6 is 0 Å². The summed E-state index contributed by atoms with van der Waals surface area (Å²) in [6.07, 6.45) is 1.93. The minimum Gasteiger partial charge on any atom is -0.474 e. The van der Waals surface area contributed by atoms with Gasteiger partial charge in [0.1, 0.15) is 11.8 Å². The number of aromatic nitrogens is 1. The summed E-state index contributed by atoms with van der Waals surface area (Å²) < 4.78 is 5.40. The van der Waals surface area contributed by atoms with Crippen molar-refractivity contribution in [3.63, 3.8) is 0 Å². The first kappa shape index (κ1) is 11.5. The zero-order valence-corrected chi connectivity index (χ0v) is 9.03. The van der Waals surface area contributed by atoms with Crippen LogP contribution in [0, 0.1) is 11.3 Å². The largest absolute Gasteiger partial charge is 0.474 e. The predicted octanol–water partition coefficient (Wildman–Crippen LogP) is 1.48. The highest BCUT2D eigenvalue weighted by Gasteiger charge is 2.05. The first-order valence-electron chi connectivity index (χ1n) is 4.96. The highest BCUT2D eigenvalue weighted by atomic mass is 16.5. The highest BCUT2D eigenvalue weighted by molar-refractivity contribution is 5.20. The third-order valence-corrected chi connectivity index (χ3v) is 1.95. The number of ether oxygens (including phenoxy) is 1. The van der Waals surface area contributed by atoms with Crippen LogP contribution in [0.3, 0.4) is 0 Å². The lowest BCUT2D eigenvalue weighted by atomic mass is 10.3. The molecule has 0 saturated carbocycles. The Bertz CT molecular complexity index is 329. The molecule has 0 aromatic carbocycles. The van der Waals surface area contributed by atoms with Crippen LogP contribution in [0.25, 0.3) is 0 Å². The molecule has 1 aromatic rings. The van der Waals surface area contributed by atoms with Crippen LogP contribution in [-0.4, -0.2) is 18.1 Å². The Morgan fingerprint density at radius 1 is 1.60 bits per heavy atom. The van der Waals surface area contributed by atoms with Crippen molar-refractivity contribution >= 4 is 0 Å². The van der Waals surface area contributed by atoms with E-state index in [9.17, 15) is 0 Å². The topological polar surface area (TPSA) is 57.9 Å². The fraction of sp³-hybridized carbons (Fsp3) is 0.455. The van der Waals surface area contributed by atoms with Gasteiger partial charge >= 0.3 is 0 Å². The SMILES string of the molecule is CCC(C#N)Oc1ccc(CNC)nc1. The summed E-state index contributed by atoms with van der Waals surface area (Å²) in [5, 5.41) is 11.7. The summed E-state index contributed by atoms with van der Waals surface area (Å²) in [5.41, 5.74) is 0.954. The first-order chi connectivity index (χ1) is 7.30. The van der Waals surface area contributed by atoms with Gasteiger partial charge in [-0.05, 0) is 25.6 Å². The minimum absolute atomic E-state index is 0.387. The Hall–Kier alpha value is -1.60. The van der Waals surface area contributed by atoms with Gasteiger partial charge in [-0.3, -0.25) is 4.98 Å². The standard InChI is InChI=1S/C11H15N3O/c1-3-10(6-12)15-11-5-4-9(7-13-2)14-8-11/h4-5,8,10,13H,3,7H2,1-2H3. The lowest BCUT2D eigenvalue weighted by molar-refractivity contribution is 0.251. The van der Waals surface area contributed by atoms with Crippen molar-refractivity contribution in [3.8, 4) is 11.8 Å². The quantitative estimate of drug-likeness (QED) is 0.791. The van der Waals surface area contributed by atoms with Crippen LogP contribution in [0.15, 0.2) is 18.3 Å². The maximum Gasteiger partial charge on any atom is 0.184 e. The lowest BCUT2D eigenvalue weighted by Crippen LogP contribution is -2.12. The summed E-state index contributed by atoms with van der Waals surface area (Å²) in [7, 11) is 1.87. The molecule has 1 rings (SSSR count). The van der Waals surface area contributed by atoms with Gasteiger partial charge in [0.05, 0.1) is 11.9 Å². The van der Waals surface area contributed by atoms with E-state index < -0.39 is 0 Å². The van der Waals surface area contributed by atoms with E-state index >= 15 is 0 Å². The maximum absolute atomic E-state index is 8.72. The van der Waals surface area contributed by atoms with Crippen LogP contribution in [0.1, 0.15) is 19.0 Å². The van der Waals surface area contributed by atoms with Crippen molar-refractivity contribution in [1.82, 2.24) is 10.3 Å². The van der Waals surface area contributed by atoms with E-state index in [1.54, 1.807) is 6.20 Å². The van der Waals surface area contributed by atoms with Crippen LogP contribution in [0.4, 0.5) is 0 Å². The molecule has 0 aliphatic rings. The maximum atomic E-state index is 8.72. The van der Waals surface area contributed by atoms with E-state index in [-0.39, 0.29) is 6.10 Å². The van der Waals surface area contributed by atoms with Crippen LogP contribution < -0.4 is 10.1 Å². The van der Waals surface area contributed by atoms with Crippen molar-refractivity contribution in [3.05, 3.63) is 24.0 Å². The Morgan fingerprint density at radius 3 is 2.87 bits per heavy atom. The van der Waals surface area contributed by atoms with E-state index in [2.05, 4.69) is 16.4 Å². The minimum atomic E-state index is -0.387. The van der Waals surface area contributed by atoms with Crippen molar-refractivity contribution in [2.24, 2.45) is 0 Å². The molecule has 0 radical (unpaired) electrons. The Balaban J connectivity index is 2.60. The molecule has 1 N–H and O–H groups in total. The van der Waals surface area contributed by atoms with Gasteiger partial charge in [-0.25, -0.2) is 0 Å². The van der Waals surface area contributed by atoms with Crippen molar-refractivity contribution in [1.29, 1.82) is 5.26 Å². The molecule has 0 aliphatic carbocycles. The van der Waals surface area contributed by atoms with Crippen LogP contribution in [-0.2, 0) is 6.54 Å². The molecule has 1 unspecified atom stereocenters. The smallest absolute Gasteiger partial charge is 0.184 e. The molecule has 0 amide bonds. The van der Waals surface area contributed by atoms with Crippen molar-refractivity contribution < 1.29 is 4.74 Å². The number of hydrogen-bond donors (Lipinski definition) is 1. The summed E-state index contributed by atoms with van der Waals surface area (Å²) in [6, 6.07) is 5.80. The second-order valence-electron chi connectivity index (χ2n) is 3.16. The van der Waals surface area contributed by atoms with Crippen molar-refractivity contribution in [2.45, 2.75) is 26.0 Å². The van der Waals surface area contributed by atoms with E-state index in [0.29, 0.717) is 12.2 Å². The molecule has 1 atom stereocenters. The molecule has 4 heteroatoms. The highest BCUT2D eigenvalue weighted by Crippen LogP contribution is 2.12. The number of nitrogens with one attached hydrogen (secondary N) is 1. The lowest BCUT2D eigenvalue weighted by Gasteiger charge is -2.09. The van der Waals surface area contributed by atoms with Gasteiger partial charge in [0.15, 0.2) is 6.10 Å². The van der Waals surface area contributed by atoms with E-state index in [4.69, 9.17) is 10.00 Å². The van der Waals surface area contributed by atoms with Gasteiger partial charge in [-0.15, -0.1) is 0 Å². The number of hydrogen-bond acceptors (Lipinski definition) is 4. The molecular formula is C11H15N3O.